The van der Waals surface area contributed by atoms with Gasteiger partial charge in [0.1, 0.15) is 11.5 Å². The lowest BCUT2D eigenvalue weighted by Gasteiger charge is -2.28. The van der Waals surface area contributed by atoms with Gasteiger partial charge in [0.15, 0.2) is 0 Å². The summed E-state index contributed by atoms with van der Waals surface area (Å²) in [7, 11) is 0. The van der Waals surface area contributed by atoms with Crippen LogP contribution >= 0.6 is 0 Å². The van der Waals surface area contributed by atoms with E-state index < -0.39 is 0 Å². The number of rotatable bonds is 4. The Kier molecular flexibility index (Phi) is 3.91. The Bertz CT molecular complexity index is 651. The van der Waals surface area contributed by atoms with Gasteiger partial charge in [0, 0.05) is 11.1 Å². The number of nitrogens with one attached hydrogen (secondary N) is 1. The number of hydrogen-bond acceptors (Lipinski definition) is 3. The number of aryl methyl sites for hydroxylation is 1. The van der Waals surface area contributed by atoms with Crippen LogP contribution < -0.4 is 4.74 Å². The Morgan fingerprint density at radius 1 is 1.14 bits per heavy atom. The predicted molar refractivity (Wildman–Crippen MR) is 84.3 cm³/mol. The lowest BCUT2D eigenvalue weighted by atomic mass is 9.94. The van der Waals surface area contributed by atoms with E-state index in [0.717, 1.165) is 42.6 Å². The number of phenols is 1. The summed E-state index contributed by atoms with van der Waals surface area (Å²) in [6.45, 7) is 0. The molecule has 108 valence electrons. The van der Waals surface area contributed by atoms with Crippen molar-refractivity contribution in [1.82, 2.24) is 0 Å². The van der Waals surface area contributed by atoms with Gasteiger partial charge in [-0.25, -0.2) is 0 Å². The van der Waals surface area contributed by atoms with E-state index >= 15 is 0 Å². The van der Waals surface area contributed by atoms with Gasteiger partial charge < -0.3 is 15.3 Å². The highest BCUT2D eigenvalue weighted by atomic mass is 16.5. The summed E-state index contributed by atoms with van der Waals surface area (Å²) in [5.41, 5.74) is 2.95. The molecule has 0 radical (unpaired) electrons. The maximum absolute atomic E-state index is 10.1. The van der Waals surface area contributed by atoms with E-state index in [0.29, 0.717) is 0 Å². The van der Waals surface area contributed by atoms with Crippen LogP contribution in [0.15, 0.2) is 42.5 Å². The minimum atomic E-state index is 0.158. The van der Waals surface area contributed by atoms with Crippen LogP contribution in [0.2, 0.25) is 0 Å². The maximum atomic E-state index is 10.1. The van der Waals surface area contributed by atoms with E-state index in [1.54, 1.807) is 6.07 Å². The third-order valence-corrected chi connectivity index (χ3v) is 3.94. The highest BCUT2D eigenvalue weighted by Crippen LogP contribution is 2.41. The van der Waals surface area contributed by atoms with Gasteiger partial charge in [0.2, 0.25) is 0 Å². The standard InChI is InChI=1S/C18H19NO2/c19-12-4-6-14-11-10-13-5-3-8-16(18(13)21-14)15-7-1-2-9-17(15)20/h1-3,5,7-9,12,14,19-20H,4,6,10-11H2. The SMILES string of the molecule is N=CCCC1CCc2cccc(-c3ccccc3O)c2O1. The first kappa shape index (κ1) is 13.7. The number of fused-ring (bicyclic) bond motifs is 1. The first-order chi connectivity index (χ1) is 10.3. The highest BCUT2D eigenvalue weighted by molar-refractivity contribution is 5.77. The Hall–Kier alpha value is -2.29. The zero-order chi connectivity index (χ0) is 14.7. The van der Waals surface area contributed by atoms with Crippen molar-refractivity contribution >= 4 is 6.21 Å². The lowest BCUT2D eigenvalue weighted by Crippen LogP contribution is -2.23. The molecule has 1 aliphatic rings. The molecule has 0 amide bonds. The van der Waals surface area contributed by atoms with Gasteiger partial charge in [0.25, 0.3) is 0 Å². The largest absolute Gasteiger partial charge is 0.507 e. The monoisotopic (exact) mass is 281 g/mol. The van der Waals surface area contributed by atoms with Crippen molar-refractivity contribution in [2.45, 2.75) is 31.8 Å². The van der Waals surface area contributed by atoms with Gasteiger partial charge >= 0.3 is 0 Å². The van der Waals surface area contributed by atoms with Crippen molar-refractivity contribution in [3.05, 3.63) is 48.0 Å². The van der Waals surface area contributed by atoms with E-state index in [1.165, 1.54) is 11.8 Å². The molecule has 3 heteroatoms. The Morgan fingerprint density at radius 3 is 2.76 bits per heavy atom. The molecule has 0 fully saturated rings. The number of hydrogen-bond donors (Lipinski definition) is 2. The molecule has 3 rings (SSSR count). The molecule has 0 aromatic heterocycles. The first-order valence-electron chi connectivity index (χ1n) is 7.35. The molecule has 1 atom stereocenters. The van der Waals surface area contributed by atoms with Gasteiger partial charge in [-0.3, -0.25) is 0 Å². The van der Waals surface area contributed by atoms with Crippen molar-refractivity contribution in [3.8, 4) is 22.6 Å². The summed E-state index contributed by atoms with van der Waals surface area (Å²) in [4.78, 5) is 0. The fraction of sp³-hybridized carbons (Fsp3) is 0.278. The molecule has 0 saturated heterocycles. The van der Waals surface area contributed by atoms with Gasteiger partial charge in [0.05, 0.1) is 6.10 Å². The van der Waals surface area contributed by atoms with Crippen molar-refractivity contribution in [2.24, 2.45) is 0 Å². The average molecular weight is 281 g/mol. The van der Waals surface area contributed by atoms with Crippen LogP contribution in [0.4, 0.5) is 0 Å². The number of para-hydroxylation sites is 2. The van der Waals surface area contributed by atoms with Gasteiger partial charge in [-0.1, -0.05) is 36.4 Å². The second kappa shape index (κ2) is 6.00. The van der Waals surface area contributed by atoms with E-state index in [4.69, 9.17) is 10.1 Å². The summed E-state index contributed by atoms with van der Waals surface area (Å²) < 4.78 is 6.16. The molecule has 0 spiro atoms. The molecule has 0 aliphatic carbocycles. The molecule has 1 heterocycles. The lowest BCUT2D eigenvalue weighted by molar-refractivity contribution is 0.167. The number of phenolic OH excluding ortho intramolecular Hbond substituents is 1. The smallest absolute Gasteiger partial charge is 0.130 e. The molecule has 3 nitrogen and oxygen atoms in total. The molecule has 2 N–H and O–H groups in total. The summed E-state index contributed by atoms with van der Waals surface area (Å²) in [6.07, 6.45) is 5.20. The highest BCUT2D eigenvalue weighted by Gasteiger charge is 2.23. The zero-order valence-electron chi connectivity index (χ0n) is 11.9. The molecule has 1 aliphatic heterocycles. The average Bonchev–Trinajstić information content (AvgIpc) is 2.53. The van der Waals surface area contributed by atoms with Crippen LogP contribution in [0, 0.1) is 5.41 Å². The quantitative estimate of drug-likeness (QED) is 0.826. The molecule has 2 aromatic carbocycles. The number of ether oxygens (including phenoxy) is 1. The number of aromatic hydroxyl groups is 1. The molecule has 21 heavy (non-hydrogen) atoms. The van der Waals surface area contributed by atoms with E-state index in [1.807, 2.05) is 30.3 Å². The van der Waals surface area contributed by atoms with Gasteiger partial charge in [-0.15, -0.1) is 0 Å². The fourth-order valence-corrected chi connectivity index (χ4v) is 2.85. The van der Waals surface area contributed by atoms with E-state index in [2.05, 4.69) is 6.07 Å². The van der Waals surface area contributed by atoms with E-state index in [9.17, 15) is 5.11 Å². The fourth-order valence-electron chi connectivity index (χ4n) is 2.85. The Morgan fingerprint density at radius 2 is 1.95 bits per heavy atom. The summed E-state index contributed by atoms with van der Waals surface area (Å²) in [5, 5.41) is 17.2. The minimum Gasteiger partial charge on any atom is -0.507 e. The summed E-state index contributed by atoms with van der Waals surface area (Å²) >= 11 is 0. The molecular weight excluding hydrogens is 262 g/mol. The molecular formula is C18H19NO2. The van der Waals surface area contributed by atoms with Crippen LogP contribution in [0.25, 0.3) is 11.1 Å². The van der Waals surface area contributed by atoms with Crippen molar-refractivity contribution in [2.75, 3.05) is 0 Å². The molecule has 0 saturated carbocycles. The summed E-state index contributed by atoms with van der Waals surface area (Å²) in [6, 6.07) is 13.5. The summed E-state index contributed by atoms with van der Waals surface area (Å²) in [5.74, 6) is 1.16. The molecule has 1 unspecified atom stereocenters. The van der Waals surface area contributed by atoms with Crippen LogP contribution in [0.1, 0.15) is 24.8 Å². The van der Waals surface area contributed by atoms with Crippen molar-refractivity contribution < 1.29 is 9.84 Å². The normalized spacial score (nSPS) is 16.9. The van der Waals surface area contributed by atoms with E-state index in [-0.39, 0.29) is 11.9 Å². The van der Waals surface area contributed by atoms with Crippen LogP contribution in [0.3, 0.4) is 0 Å². The maximum Gasteiger partial charge on any atom is 0.130 e. The van der Waals surface area contributed by atoms with Crippen LogP contribution in [-0.4, -0.2) is 17.4 Å². The van der Waals surface area contributed by atoms with Gasteiger partial charge in [-0.2, -0.15) is 0 Å². The zero-order valence-corrected chi connectivity index (χ0v) is 11.9. The second-order valence-corrected chi connectivity index (χ2v) is 5.37. The van der Waals surface area contributed by atoms with Gasteiger partial charge in [-0.05, 0) is 43.5 Å². The minimum absolute atomic E-state index is 0.158. The Balaban J connectivity index is 1.97. The van der Waals surface area contributed by atoms with Crippen molar-refractivity contribution in [1.29, 1.82) is 5.41 Å². The topological polar surface area (TPSA) is 53.3 Å². The molecule has 0 bridgehead atoms. The number of benzene rings is 2. The van der Waals surface area contributed by atoms with Crippen molar-refractivity contribution in [3.63, 3.8) is 0 Å². The third-order valence-electron chi connectivity index (χ3n) is 3.94. The second-order valence-electron chi connectivity index (χ2n) is 5.37. The van der Waals surface area contributed by atoms with Crippen LogP contribution in [-0.2, 0) is 6.42 Å². The Labute approximate surface area is 124 Å². The predicted octanol–water partition coefficient (Wildman–Crippen LogP) is 4.18. The first-order valence-corrected chi connectivity index (χ1v) is 7.35. The molecule has 2 aromatic rings. The third kappa shape index (κ3) is 2.77. The van der Waals surface area contributed by atoms with Crippen LogP contribution in [0.5, 0.6) is 11.5 Å².